The summed E-state index contributed by atoms with van der Waals surface area (Å²) in [5, 5.41) is 3.82. The number of hydrogen-bond donors (Lipinski definition) is 1. The van der Waals surface area contributed by atoms with Crippen molar-refractivity contribution in [2.75, 3.05) is 0 Å². The quantitative estimate of drug-likeness (QED) is 0.901. The molecule has 0 radical (unpaired) electrons. The topological polar surface area (TPSA) is 61.3 Å². The summed E-state index contributed by atoms with van der Waals surface area (Å²) in [7, 11) is 0. The normalized spacial score (nSPS) is 12.4. The van der Waals surface area contributed by atoms with Gasteiger partial charge in [-0.2, -0.15) is 0 Å². The van der Waals surface area contributed by atoms with E-state index < -0.39 is 0 Å². The molecule has 1 aromatic heterocycles. The first-order valence-electron chi connectivity index (χ1n) is 5.97. The van der Waals surface area contributed by atoms with Gasteiger partial charge in [0, 0.05) is 12.1 Å². The number of benzene rings is 1. The molecule has 1 heterocycles. The van der Waals surface area contributed by atoms with E-state index in [1.165, 1.54) is 0 Å². The highest BCUT2D eigenvalue weighted by atomic mass is 16.5. The van der Waals surface area contributed by atoms with E-state index in [1.54, 1.807) is 0 Å². The van der Waals surface area contributed by atoms with Crippen molar-refractivity contribution >= 4 is 0 Å². The van der Waals surface area contributed by atoms with Crippen LogP contribution in [0.1, 0.15) is 35.5 Å². The molecule has 0 aliphatic carbocycles. The van der Waals surface area contributed by atoms with E-state index >= 15 is 0 Å². The zero-order valence-electron chi connectivity index (χ0n) is 10.9. The van der Waals surface area contributed by atoms with Crippen LogP contribution in [-0.4, -0.2) is 5.16 Å². The van der Waals surface area contributed by atoms with E-state index in [2.05, 4.69) is 5.16 Å². The molecule has 4 nitrogen and oxygen atoms in total. The molecule has 0 spiro atoms. The van der Waals surface area contributed by atoms with Crippen molar-refractivity contribution in [1.82, 2.24) is 5.16 Å². The standard InChI is InChI=1S/C14H18N2O2/c1-9-6-12(11(3)15)4-5-14(9)17-8-13-7-10(2)16-18-13/h4-7,11H,8,15H2,1-3H3. The minimum absolute atomic E-state index is 0.0367. The lowest BCUT2D eigenvalue weighted by atomic mass is 10.1. The fraction of sp³-hybridized carbons (Fsp3) is 0.357. The predicted octanol–water partition coefficient (Wildman–Crippen LogP) is 2.89. The molecular weight excluding hydrogens is 228 g/mol. The lowest BCUT2D eigenvalue weighted by Crippen LogP contribution is -2.05. The molecule has 0 fully saturated rings. The molecule has 0 aliphatic heterocycles. The molecule has 96 valence electrons. The number of rotatable bonds is 4. The molecule has 0 amide bonds. The summed E-state index contributed by atoms with van der Waals surface area (Å²) in [6.45, 7) is 6.24. The average molecular weight is 246 g/mol. The van der Waals surface area contributed by atoms with Gasteiger partial charge < -0.3 is 15.0 Å². The van der Waals surface area contributed by atoms with Crippen molar-refractivity contribution in [3.8, 4) is 5.75 Å². The van der Waals surface area contributed by atoms with Crippen LogP contribution in [0, 0.1) is 13.8 Å². The van der Waals surface area contributed by atoms with Crippen LogP contribution in [0.15, 0.2) is 28.8 Å². The Labute approximate surface area is 107 Å². The van der Waals surface area contributed by atoms with Crippen LogP contribution in [0.2, 0.25) is 0 Å². The Kier molecular flexibility index (Phi) is 3.67. The number of hydrogen-bond acceptors (Lipinski definition) is 4. The van der Waals surface area contributed by atoms with E-state index in [1.807, 2.05) is 45.0 Å². The van der Waals surface area contributed by atoms with Gasteiger partial charge >= 0.3 is 0 Å². The van der Waals surface area contributed by atoms with Gasteiger partial charge in [-0.1, -0.05) is 17.3 Å². The highest BCUT2D eigenvalue weighted by molar-refractivity contribution is 5.37. The van der Waals surface area contributed by atoms with Gasteiger partial charge in [0.2, 0.25) is 0 Å². The third-order valence-corrected chi connectivity index (χ3v) is 2.77. The number of nitrogens with two attached hydrogens (primary N) is 1. The maximum atomic E-state index is 5.84. The minimum Gasteiger partial charge on any atom is -0.485 e. The number of aromatic nitrogens is 1. The van der Waals surface area contributed by atoms with Crippen LogP contribution in [0.4, 0.5) is 0 Å². The van der Waals surface area contributed by atoms with Crippen LogP contribution in [-0.2, 0) is 6.61 Å². The Morgan fingerprint density at radius 3 is 2.67 bits per heavy atom. The summed E-state index contributed by atoms with van der Waals surface area (Å²) in [4.78, 5) is 0. The molecule has 0 saturated heterocycles. The Balaban J connectivity index is 2.05. The largest absolute Gasteiger partial charge is 0.485 e. The van der Waals surface area contributed by atoms with Crippen molar-refractivity contribution < 1.29 is 9.26 Å². The van der Waals surface area contributed by atoms with Crippen molar-refractivity contribution in [3.63, 3.8) is 0 Å². The zero-order valence-corrected chi connectivity index (χ0v) is 10.9. The van der Waals surface area contributed by atoms with E-state index in [0.29, 0.717) is 6.61 Å². The second kappa shape index (κ2) is 5.23. The van der Waals surface area contributed by atoms with E-state index in [-0.39, 0.29) is 6.04 Å². The number of aryl methyl sites for hydroxylation is 2. The Morgan fingerprint density at radius 1 is 1.33 bits per heavy atom. The van der Waals surface area contributed by atoms with Gasteiger partial charge in [-0.25, -0.2) is 0 Å². The number of ether oxygens (including phenoxy) is 1. The molecule has 1 atom stereocenters. The maximum Gasteiger partial charge on any atom is 0.174 e. The van der Waals surface area contributed by atoms with Gasteiger partial charge in [0.1, 0.15) is 12.4 Å². The van der Waals surface area contributed by atoms with Gasteiger partial charge in [0.25, 0.3) is 0 Å². The molecule has 2 aromatic rings. The molecule has 2 N–H and O–H groups in total. The van der Waals surface area contributed by atoms with Crippen LogP contribution >= 0.6 is 0 Å². The van der Waals surface area contributed by atoms with E-state index in [4.69, 9.17) is 15.0 Å². The van der Waals surface area contributed by atoms with Crippen molar-refractivity contribution in [2.45, 2.75) is 33.4 Å². The molecule has 1 unspecified atom stereocenters. The number of nitrogens with zero attached hydrogens (tertiary/aromatic N) is 1. The highest BCUT2D eigenvalue weighted by Crippen LogP contribution is 2.22. The van der Waals surface area contributed by atoms with Crippen molar-refractivity contribution in [1.29, 1.82) is 0 Å². The van der Waals surface area contributed by atoms with Crippen molar-refractivity contribution in [3.05, 3.63) is 46.8 Å². The second-order valence-corrected chi connectivity index (χ2v) is 4.54. The molecule has 2 rings (SSSR count). The summed E-state index contributed by atoms with van der Waals surface area (Å²) in [5.74, 6) is 1.57. The maximum absolute atomic E-state index is 5.84. The van der Waals surface area contributed by atoms with Crippen molar-refractivity contribution in [2.24, 2.45) is 5.73 Å². The van der Waals surface area contributed by atoms with Crippen LogP contribution < -0.4 is 10.5 Å². The van der Waals surface area contributed by atoms with Gasteiger partial charge in [0.05, 0.1) is 5.69 Å². The average Bonchev–Trinajstić information content (AvgIpc) is 2.73. The molecule has 18 heavy (non-hydrogen) atoms. The summed E-state index contributed by atoms with van der Waals surface area (Å²) < 4.78 is 10.8. The third kappa shape index (κ3) is 2.90. The lowest BCUT2D eigenvalue weighted by molar-refractivity contribution is 0.247. The SMILES string of the molecule is Cc1cc(COc2ccc(C(C)N)cc2C)on1. The van der Waals surface area contributed by atoms with Gasteiger partial charge in [-0.3, -0.25) is 0 Å². The first kappa shape index (κ1) is 12.6. The zero-order chi connectivity index (χ0) is 13.1. The monoisotopic (exact) mass is 246 g/mol. The van der Waals surface area contributed by atoms with Crippen LogP contribution in [0.5, 0.6) is 5.75 Å². The summed E-state index contributed by atoms with van der Waals surface area (Å²) in [6.07, 6.45) is 0. The fourth-order valence-electron chi connectivity index (χ4n) is 1.75. The molecule has 0 aliphatic rings. The first-order chi connectivity index (χ1) is 8.56. The smallest absolute Gasteiger partial charge is 0.174 e. The Bertz CT molecular complexity index is 532. The summed E-state index contributed by atoms with van der Waals surface area (Å²) in [6, 6.07) is 7.88. The molecule has 0 bridgehead atoms. The fourth-order valence-corrected chi connectivity index (χ4v) is 1.75. The molecule has 1 aromatic carbocycles. The molecule has 4 heteroatoms. The minimum atomic E-state index is 0.0367. The lowest BCUT2D eigenvalue weighted by Gasteiger charge is -2.11. The predicted molar refractivity (Wildman–Crippen MR) is 69.4 cm³/mol. The summed E-state index contributed by atoms with van der Waals surface area (Å²) >= 11 is 0. The Hall–Kier alpha value is -1.81. The highest BCUT2D eigenvalue weighted by Gasteiger charge is 2.06. The molecular formula is C14H18N2O2. The van der Waals surface area contributed by atoms with Crippen LogP contribution in [0.3, 0.4) is 0 Å². The van der Waals surface area contributed by atoms with Gasteiger partial charge in [-0.05, 0) is 38.0 Å². The second-order valence-electron chi connectivity index (χ2n) is 4.54. The van der Waals surface area contributed by atoms with E-state index in [9.17, 15) is 0 Å². The molecule has 0 saturated carbocycles. The third-order valence-electron chi connectivity index (χ3n) is 2.77. The van der Waals surface area contributed by atoms with Crippen LogP contribution in [0.25, 0.3) is 0 Å². The first-order valence-corrected chi connectivity index (χ1v) is 5.97. The Morgan fingerprint density at radius 2 is 2.11 bits per heavy atom. The van der Waals surface area contributed by atoms with Gasteiger partial charge in [-0.15, -0.1) is 0 Å². The van der Waals surface area contributed by atoms with Gasteiger partial charge in [0.15, 0.2) is 5.76 Å². The summed E-state index contributed by atoms with van der Waals surface area (Å²) in [5.41, 5.74) is 8.87. The van der Waals surface area contributed by atoms with E-state index in [0.717, 1.165) is 28.3 Å².